The van der Waals surface area contributed by atoms with Crippen molar-refractivity contribution in [3.8, 4) is 6.07 Å². The average Bonchev–Trinajstić information content (AvgIpc) is 2.16. The predicted octanol–water partition coefficient (Wildman–Crippen LogP) is 1.15. The fourth-order valence-corrected chi connectivity index (χ4v) is 1.67. The third-order valence-corrected chi connectivity index (χ3v) is 2.50. The molecule has 15 heavy (non-hydrogen) atoms. The van der Waals surface area contributed by atoms with Crippen LogP contribution in [0.15, 0.2) is 0 Å². The van der Waals surface area contributed by atoms with E-state index < -0.39 is 18.8 Å². The maximum absolute atomic E-state index is 12.0. The zero-order valence-corrected chi connectivity index (χ0v) is 8.17. The number of aliphatic hydroxyl groups is 1. The largest absolute Gasteiger partial charge is 0.415 e. The molecule has 0 spiro atoms. The highest BCUT2D eigenvalue weighted by molar-refractivity contribution is 4.89. The molecule has 0 amide bonds. The summed E-state index contributed by atoms with van der Waals surface area (Å²) in [6.07, 6.45) is -5.44. The van der Waals surface area contributed by atoms with Crippen molar-refractivity contribution in [2.45, 2.75) is 25.1 Å². The second-order valence-corrected chi connectivity index (χ2v) is 3.79. The molecule has 1 fully saturated rings. The Morgan fingerprint density at radius 3 is 2.73 bits per heavy atom. The fraction of sp³-hybridized carbons (Fsp3) is 0.889. The summed E-state index contributed by atoms with van der Waals surface area (Å²) in [5, 5.41) is 17.5. The second-order valence-electron chi connectivity index (χ2n) is 3.79. The van der Waals surface area contributed by atoms with Gasteiger partial charge in [-0.3, -0.25) is 4.90 Å². The van der Waals surface area contributed by atoms with Crippen molar-refractivity contribution in [1.29, 1.82) is 5.26 Å². The smallest absolute Gasteiger partial charge is 0.382 e. The first-order valence-corrected chi connectivity index (χ1v) is 4.80. The summed E-state index contributed by atoms with van der Waals surface area (Å²) in [6, 6.07) is 2.04. The summed E-state index contributed by atoms with van der Waals surface area (Å²) in [6.45, 7) is 0.413. The maximum Gasteiger partial charge on any atom is 0.415 e. The molecule has 1 aliphatic rings. The summed E-state index contributed by atoms with van der Waals surface area (Å²) < 4.78 is 36.1. The number of piperidine rings is 1. The first-order chi connectivity index (χ1) is 6.93. The van der Waals surface area contributed by atoms with Crippen molar-refractivity contribution < 1.29 is 18.3 Å². The number of nitriles is 1. The molecule has 1 N–H and O–H groups in total. The van der Waals surface area contributed by atoms with Gasteiger partial charge < -0.3 is 5.11 Å². The molecule has 1 heterocycles. The van der Waals surface area contributed by atoms with E-state index in [-0.39, 0.29) is 5.92 Å². The van der Waals surface area contributed by atoms with Gasteiger partial charge in [0, 0.05) is 13.1 Å². The molecule has 1 aliphatic heterocycles. The van der Waals surface area contributed by atoms with Crippen LogP contribution in [0.2, 0.25) is 0 Å². The van der Waals surface area contributed by atoms with E-state index in [9.17, 15) is 13.2 Å². The number of halogens is 3. The summed E-state index contributed by atoms with van der Waals surface area (Å²) in [7, 11) is 0. The van der Waals surface area contributed by atoms with Gasteiger partial charge in [0.05, 0.1) is 12.0 Å². The lowest BCUT2D eigenvalue weighted by Crippen LogP contribution is -2.44. The third kappa shape index (κ3) is 3.68. The molecular formula is C9H13F3N2O. The Hall–Kier alpha value is -0.800. The number of aliphatic hydroxyl groups excluding tert-OH is 1. The summed E-state index contributed by atoms with van der Waals surface area (Å²) in [5.41, 5.74) is 0. The van der Waals surface area contributed by atoms with Crippen LogP contribution < -0.4 is 0 Å². The number of alkyl halides is 3. The summed E-state index contributed by atoms with van der Waals surface area (Å²) in [5.74, 6) is -0.209. The molecule has 0 aromatic rings. The Morgan fingerprint density at radius 2 is 2.20 bits per heavy atom. The minimum atomic E-state index is -4.57. The molecule has 1 saturated heterocycles. The lowest BCUT2D eigenvalue weighted by molar-refractivity contribution is -0.208. The second kappa shape index (κ2) is 4.81. The van der Waals surface area contributed by atoms with Gasteiger partial charge >= 0.3 is 6.18 Å². The molecule has 1 rings (SSSR count). The predicted molar refractivity (Wildman–Crippen MR) is 46.8 cm³/mol. The van der Waals surface area contributed by atoms with Crippen molar-refractivity contribution in [2.75, 3.05) is 19.6 Å². The lowest BCUT2D eigenvalue weighted by atomic mass is 9.99. The Morgan fingerprint density at radius 1 is 1.53 bits per heavy atom. The highest BCUT2D eigenvalue weighted by Gasteiger charge is 2.39. The number of β-amino-alcohol motifs (C(OH)–C–C–N with tert-alkyl or cyclic N) is 1. The molecule has 86 valence electrons. The van der Waals surface area contributed by atoms with Crippen LogP contribution in [-0.2, 0) is 0 Å². The van der Waals surface area contributed by atoms with Crippen LogP contribution in [-0.4, -0.2) is 41.9 Å². The Labute approximate surface area is 86.1 Å². The van der Waals surface area contributed by atoms with E-state index in [2.05, 4.69) is 0 Å². The van der Waals surface area contributed by atoms with Gasteiger partial charge in [0.2, 0.25) is 0 Å². The minimum Gasteiger partial charge on any atom is -0.382 e. The van der Waals surface area contributed by atoms with Gasteiger partial charge in [-0.1, -0.05) is 0 Å². The van der Waals surface area contributed by atoms with Gasteiger partial charge in [0.25, 0.3) is 0 Å². The van der Waals surface area contributed by atoms with Gasteiger partial charge in [-0.15, -0.1) is 0 Å². The number of rotatable bonds is 2. The van der Waals surface area contributed by atoms with Crippen molar-refractivity contribution in [3.05, 3.63) is 0 Å². The lowest BCUT2D eigenvalue weighted by Gasteiger charge is -2.31. The third-order valence-electron chi connectivity index (χ3n) is 2.50. The Kier molecular flexibility index (Phi) is 3.94. The van der Waals surface area contributed by atoms with E-state index in [0.717, 1.165) is 6.42 Å². The van der Waals surface area contributed by atoms with Crippen LogP contribution in [0.3, 0.4) is 0 Å². The zero-order chi connectivity index (χ0) is 11.5. The molecule has 0 aromatic heterocycles. The van der Waals surface area contributed by atoms with E-state index in [1.165, 1.54) is 4.90 Å². The van der Waals surface area contributed by atoms with Crippen LogP contribution in [0, 0.1) is 17.2 Å². The van der Waals surface area contributed by atoms with Crippen LogP contribution >= 0.6 is 0 Å². The topological polar surface area (TPSA) is 47.3 Å². The van der Waals surface area contributed by atoms with Crippen LogP contribution in [0.1, 0.15) is 12.8 Å². The highest BCUT2D eigenvalue weighted by atomic mass is 19.4. The number of nitrogens with zero attached hydrogens (tertiary/aromatic N) is 2. The van der Waals surface area contributed by atoms with Crippen molar-refractivity contribution in [2.24, 2.45) is 5.92 Å². The van der Waals surface area contributed by atoms with Gasteiger partial charge in [-0.2, -0.15) is 18.4 Å². The van der Waals surface area contributed by atoms with E-state index in [4.69, 9.17) is 10.4 Å². The Balaban J connectivity index is 2.42. The number of hydrogen-bond donors (Lipinski definition) is 1. The van der Waals surface area contributed by atoms with Gasteiger partial charge in [-0.05, 0) is 19.4 Å². The molecule has 0 saturated carbocycles. The van der Waals surface area contributed by atoms with Crippen molar-refractivity contribution >= 4 is 0 Å². The number of likely N-dealkylation sites (tertiary alicyclic amines) is 1. The highest BCUT2D eigenvalue weighted by Crippen LogP contribution is 2.23. The summed E-state index contributed by atoms with van der Waals surface area (Å²) >= 11 is 0. The maximum atomic E-state index is 12.0. The van der Waals surface area contributed by atoms with E-state index >= 15 is 0 Å². The molecular weight excluding hydrogens is 209 g/mol. The first kappa shape index (κ1) is 12.3. The monoisotopic (exact) mass is 222 g/mol. The number of hydrogen-bond acceptors (Lipinski definition) is 3. The molecule has 0 aliphatic carbocycles. The molecule has 0 bridgehead atoms. The summed E-state index contributed by atoms with van der Waals surface area (Å²) in [4.78, 5) is 1.50. The van der Waals surface area contributed by atoms with Crippen LogP contribution in [0.5, 0.6) is 0 Å². The quantitative estimate of drug-likeness (QED) is 0.762. The zero-order valence-electron chi connectivity index (χ0n) is 8.17. The molecule has 0 radical (unpaired) electrons. The van der Waals surface area contributed by atoms with Crippen molar-refractivity contribution in [3.63, 3.8) is 0 Å². The van der Waals surface area contributed by atoms with Crippen molar-refractivity contribution in [1.82, 2.24) is 4.90 Å². The molecule has 3 nitrogen and oxygen atoms in total. The molecule has 0 aromatic carbocycles. The van der Waals surface area contributed by atoms with Gasteiger partial charge in [0.1, 0.15) is 0 Å². The minimum absolute atomic E-state index is 0.209. The molecule has 0 unspecified atom stereocenters. The fourth-order valence-electron chi connectivity index (χ4n) is 1.67. The average molecular weight is 222 g/mol. The van der Waals surface area contributed by atoms with E-state index in [1.807, 2.05) is 6.07 Å². The SMILES string of the molecule is N#C[C@H]1CCCN(C[C@@H](O)C(F)(F)F)C1. The standard InChI is InChI=1S/C9H13F3N2O/c10-9(11,12)8(15)6-14-3-1-2-7(4-13)5-14/h7-8,15H,1-3,5-6H2/t7-,8-/m1/s1. The van der Waals surface area contributed by atoms with Crippen LogP contribution in [0.4, 0.5) is 13.2 Å². The normalized spacial score (nSPS) is 25.9. The van der Waals surface area contributed by atoms with Gasteiger partial charge in [0.15, 0.2) is 6.10 Å². The molecule has 6 heteroatoms. The van der Waals surface area contributed by atoms with E-state index in [0.29, 0.717) is 19.5 Å². The van der Waals surface area contributed by atoms with Crippen LogP contribution in [0.25, 0.3) is 0 Å². The first-order valence-electron chi connectivity index (χ1n) is 4.80. The molecule has 2 atom stereocenters. The van der Waals surface area contributed by atoms with E-state index in [1.54, 1.807) is 0 Å². The van der Waals surface area contributed by atoms with Gasteiger partial charge in [-0.25, -0.2) is 0 Å². The Bertz CT molecular complexity index is 249.